The molecule has 8 heteroatoms. The molecule has 2 aliphatic carbocycles. The molecule has 2 aromatic carbocycles. The van der Waals surface area contributed by atoms with Gasteiger partial charge in [-0.2, -0.15) is 0 Å². The number of alkyl halides is 3. The van der Waals surface area contributed by atoms with Crippen LogP contribution in [0.25, 0.3) is 5.57 Å². The second-order valence-corrected chi connectivity index (χ2v) is 11.0. The summed E-state index contributed by atoms with van der Waals surface area (Å²) in [7, 11) is 0. The molecule has 2 aromatic rings. The molecule has 5 rings (SSSR count). The number of carboxylic acids is 1. The van der Waals surface area contributed by atoms with E-state index in [1.54, 1.807) is 12.1 Å². The van der Waals surface area contributed by atoms with Gasteiger partial charge in [0.1, 0.15) is 11.9 Å². The van der Waals surface area contributed by atoms with E-state index in [9.17, 15) is 23.1 Å². The fourth-order valence-corrected chi connectivity index (χ4v) is 6.38. The van der Waals surface area contributed by atoms with E-state index >= 15 is 0 Å². The lowest BCUT2D eigenvalue weighted by Gasteiger charge is -2.31. The number of aryl methyl sites for hydroxylation is 1. The van der Waals surface area contributed by atoms with E-state index in [0.29, 0.717) is 19.3 Å². The van der Waals surface area contributed by atoms with Gasteiger partial charge in [0.05, 0.1) is 12.2 Å². The van der Waals surface area contributed by atoms with Gasteiger partial charge in [-0.05, 0) is 97.4 Å². The Morgan fingerprint density at radius 1 is 1.08 bits per heavy atom. The first-order chi connectivity index (χ1) is 18.3. The Bertz CT molecular complexity index is 1190. The van der Waals surface area contributed by atoms with Crippen LogP contribution in [0, 0.1) is 5.92 Å². The maximum absolute atomic E-state index is 14.0. The summed E-state index contributed by atoms with van der Waals surface area (Å²) in [6, 6.07) is 13.3. The van der Waals surface area contributed by atoms with Crippen LogP contribution in [0.1, 0.15) is 78.4 Å². The molecule has 212 valence electrons. The van der Waals surface area contributed by atoms with Crippen molar-refractivity contribution < 1.29 is 27.8 Å². The molecule has 2 fully saturated rings. The number of aromatic carboxylic acids is 1. The maximum atomic E-state index is 14.0. The molecule has 1 saturated carbocycles. The van der Waals surface area contributed by atoms with E-state index in [1.807, 2.05) is 30.3 Å². The number of ether oxygens (including phenoxy) is 1. The van der Waals surface area contributed by atoms with Gasteiger partial charge in [-0.15, -0.1) is 12.4 Å². The van der Waals surface area contributed by atoms with Crippen molar-refractivity contribution in [1.82, 2.24) is 4.90 Å². The summed E-state index contributed by atoms with van der Waals surface area (Å²) in [4.78, 5) is 13.9. The van der Waals surface area contributed by atoms with Crippen LogP contribution in [0.5, 0.6) is 5.75 Å². The lowest BCUT2D eigenvalue weighted by molar-refractivity contribution is -0.0423. The van der Waals surface area contributed by atoms with Crippen molar-refractivity contribution in [2.45, 2.75) is 69.8 Å². The predicted molar refractivity (Wildman–Crippen MR) is 149 cm³/mol. The van der Waals surface area contributed by atoms with E-state index < -0.39 is 11.9 Å². The van der Waals surface area contributed by atoms with Crippen molar-refractivity contribution in [3.63, 3.8) is 0 Å². The van der Waals surface area contributed by atoms with E-state index in [0.717, 1.165) is 73.3 Å². The van der Waals surface area contributed by atoms with Gasteiger partial charge in [0.2, 0.25) is 5.92 Å². The summed E-state index contributed by atoms with van der Waals surface area (Å²) in [6.45, 7) is 2.10. The van der Waals surface area contributed by atoms with Crippen molar-refractivity contribution in [2.75, 3.05) is 26.3 Å². The SMILES string of the molecule is Cl.O=C(O)c1ccc2c(c1)CCCC(C1CCC(F)(F)CC1)=C2c1cccc(O[C@@H]2CCN(CCCF)C2)c1. The fraction of sp³-hybridized carbons (Fsp3) is 0.516. The molecule has 0 bridgehead atoms. The van der Waals surface area contributed by atoms with Gasteiger partial charge in [0, 0.05) is 32.5 Å². The van der Waals surface area contributed by atoms with Crippen LogP contribution in [0.4, 0.5) is 13.2 Å². The summed E-state index contributed by atoms with van der Waals surface area (Å²) in [5.74, 6) is -2.71. The lowest BCUT2D eigenvalue weighted by atomic mass is 9.77. The highest BCUT2D eigenvalue weighted by molar-refractivity contribution is 5.91. The van der Waals surface area contributed by atoms with Crippen LogP contribution >= 0.6 is 12.4 Å². The first-order valence-electron chi connectivity index (χ1n) is 13.9. The second kappa shape index (κ2) is 12.8. The number of likely N-dealkylation sites (tertiary alicyclic amines) is 1. The highest BCUT2D eigenvalue weighted by Crippen LogP contribution is 2.46. The zero-order chi connectivity index (χ0) is 26.7. The summed E-state index contributed by atoms with van der Waals surface area (Å²) in [6.07, 6.45) is 4.61. The largest absolute Gasteiger partial charge is 0.489 e. The first-order valence-corrected chi connectivity index (χ1v) is 13.9. The van der Waals surface area contributed by atoms with E-state index in [1.165, 1.54) is 5.57 Å². The number of benzene rings is 2. The molecule has 1 atom stereocenters. The zero-order valence-corrected chi connectivity index (χ0v) is 23.0. The standard InChI is InChI=1S/C31H36F3NO3.ClH/c32-15-3-16-35-17-12-26(20-35)38-25-6-1-5-23(19-25)29-27(21-10-13-31(33,34)14-11-21)7-2-4-22-18-24(30(36)37)8-9-28(22)29;/h1,5-6,8-9,18-19,21,26H,2-4,7,10-17,20H2,(H,36,37);1H/t26-;/m1./s1. The topological polar surface area (TPSA) is 49.8 Å². The Morgan fingerprint density at radius 2 is 1.87 bits per heavy atom. The van der Waals surface area contributed by atoms with Crippen LogP contribution in [0.2, 0.25) is 0 Å². The van der Waals surface area contributed by atoms with Crippen LogP contribution in [0.15, 0.2) is 48.0 Å². The normalized spacial score (nSPS) is 21.7. The van der Waals surface area contributed by atoms with Crippen LogP contribution in [0.3, 0.4) is 0 Å². The molecule has 0 unspecified atom stereocenters. The van der Waals surface area contributed by atoms with E-state index in [4.69, 9.17) is 4.74 Å². The number of fused-ring (bicyclic) bond motifs is 1. The molecular weight excluding hydrogens is 527 g/mol. The second-order valence-electron chi connectivity index (χ2n) is 11.0. The number of carbonyl (C=O) groups is 1. The number of nitrogens with zero attached hydrogens (tertiary/aromatic N) is 1. The molecule has 3 aliphatic rings. The third-order valence-corrected chi connectivity index (χ3v) is 8.31. The third-order valence-electron chi connectivity index (χ3n) is 8.31. The molecular formula is C31H37ClF3NO3. The van der Waals surface area contributed by atoms with Crippen LogP contribution in [-0.2, 0) is 6.42 Å². The van der Waals surface area contributed by atoms with Gasteiger partial charge >= 0.3 is 5.97 Å². The van der Waals surface area contributed by atoms with Gasteiger partial charge in [0.15, 0.2) is 0 Å². The molecule has 1 heterocycles. The molecule has 1 saturated heterocycles. The quantitative estimate of drug-likeness (QED) is 0.359. The average molecular weight is 564 g/mol. The van der Waals surface area contributed by atoms with Gasteiger partial charge in [0.25, 0.3) is 0 Å². The minimum Gasteiger partial charge on any atom is -0.489 e. The Morgan fingerprint density at radius 3 is 2.62 bits per heavy atom. The number of rotatable bonds is 8. The van der Waals surface area contributed by atoms with Gasteiger partial charge in [-0.25, -0.2) is 13.6 Å². The predicted octanol–water partition coefficient (Wildman–Crippen LogP) is 7.58. The highest BCUT2D eigenvalue weighted by atomic mass is 35.5. The van der Waals surface area contributed by atoms with Crippen molar-refractivity contribution in [3.05, 3.63) is 70.3 Å². The fourth-order valence-electron chi connectivity index (χ4n) is 6.38. The summed E-state index contributed by atoms with van der Waals surface area (Å²) < 4.78 is 47.0. The van der Waals surface area contributed by atoms with Crippen molar-refractivity contribution >= 4 is 23.9 Å². The van der Waals surface area contributed by atoms with Crippen LogP contribution < -0.4 is 4.74 Å². The van der Waals surface area contributed by atoms with Crippen molar-refractivity contribution in [3.8, 4) is 5.75 Å². The van der Waals surface area contributed by atoms with Crippen LogP contribution in [-0.4, -0.2) is 54.3 Å². The van der Waals surface area contributed by atoms with Crippen molar-refractivity contribution in [1.29, 1.82) is 0 Å². The molecule has 1 N–H and O–H groups in total. The highest BCUT2D eigenvalue weighted by Gasteiger charge is 2.37. The van der Waals surface area contributed by atoms with Crippen molar-refractivity contribution in [2.24, 2.45) is 5.92 Å². The minimum absolute atomic E-state index is 0. The van der Waals surface area contributed by atoms with Gasteiger partial charge in [-0.3, -0.25) is 9.29 Å². The monoisotopic (exact) mass is 563 g/mol. The Hall–Kier alpha value is -2.51. The number of halogens is 4. The Labute approximate surface area is 234 Å². The number of carboxylic acid groups (broad SMARTS) is 1. The lowest BCUT2D eigenvalue weighted by Crippen LogP contribution is -2.26. The molecule has 4 nitrogen and oxygen atoms in total. The Balaban J connectivity index is 0.00000353. The third kappa shape index (κ3) is 6.98. The van der Waals surface area contributed by atoms with Gasteiger partial charge < -0.3 is 9.84 Å². The molecule has 0 spiro atoms. The summed E-state index contributed by atoms with van der Waals surface area (Å²) >= 11 is 0. The summed E-state index contributed by atoms with van der Waals surface area (Å²) in [5.41, 5.74) is 5.48. The number of hydrogen-bond donors (Lipinski definition) is 1. The van der Waals surface area contributed by atoms with Gasteiger partial charge in [-0.1, -0.05) is 23.8 Å². The average Bonchev–Trinajstić information content (AvgIpc) is 3.25. The van der Waals surface area contributed by atoms with E-state index in [-0.39, 0.29) is 49.5 Å². The molecule has 0 aromatic heterocycles. The maximum Gasteiger partial charge on any atom is 0.335 e. The first kappa shape index (κ1) is 29.5. The zero-order valence-electron chi connectivity index (χ0n) is 22.1. The number of hydrogen-bond acceptors (Lipinski definition) is 3. The smallest absolute Gasteiger partial charge is 0.335 e. The minimum atomic E-state index is -2.59. The number of allylic oxidation sites excluding steroid dienone is 1. The molecule has 1 aliphatic heterocycles. The summed E-state index contributed by atoms with van der Waals surface area (Å²) in [5, 5.41) is 9.56. The molecule has 39 heavy (non-hydrogen) atoms. The molecule has 0 amide bonds. The Kier molecular flexibility index (Phi) is 9.65. The molecule has 0 radical (unpaired) electrons. The van der Waals surface area contributed by atoms with E-state index in [2.05, 4.69) is 4.90 Å².